The normalized spacial score (nSPS) is 21.7. The third kappa shape index (κ3) is 1.82. The lowest BCUT2D eigenvalue weighted by molar-refractivity contribution is 0.682. The summed E-state index contributed by atoms with van der Waals surface area (Å²) in [4.78, 5) is 0.725. The van der Waals surface area contributed by atoms with Crippen molar-refractivity contribution in [2.75, 3.05) is 0 Å². The van der Waals surface area contributed by atoms with E-state index < -0.39 is 9.73 Å². The van der Waals surface area contributed by atoms with Crippen molar-refractivity contribution >= 4 is 37.4 Å². The second-order valence-corrected chi connectivity index (χ2v) is 7.46. The second-order valence-electron chi connectivity index (χ2n) is 3.94. The Morgan fingerprint density at radius 2 is 1.61 bits per heavy atom. The maximum Gasteiger partial charge on any atom is 0.115 e. The van der Waals surface area contributed by atoms with Gasteiger partial charge in [-0.1, -0.05) is 36.4 Å². The average molecular weight is 320 g/mol. The van der Waals surface area contributed by atoms with Gasteiger partial charge in [0.25, 0.3) is 0 Å². The summed E-state index contributed by atoms with van der Waals surface area (Å²) in [6, 6.07) is 17.0. The predicted molar refractivity (Wildman–Crippen MR) is 78.3 cm³/mol. The maximum atomic E-state index is 13.0. The number of halogens is 1. The van der Waals surface area contributed by atoms with Crippen molar-refractivity contribution in [3.8, 4) is 0 Å². The predicted octanol–water partition coefficient (Wildman–Crippen LogP) is 4.55. The molecular weight excluding hydrogens is 310 g/mol. The van der Waals surface area contributed by atoms with Crippen LogP contribution in [0.4, 0.5) is 5.69 Å². The van der Waals surface area contributed by atoms with Gasteiger partial charge in [-0.2, -0.15) is 4.36 Å². The van der Waals surface area contributed by atoms with Crippen molar-refractivity contribution in [2.45, 2.75) is 4.90 Å². The molecule has 18 heavy (non-hydrogen) atoms. The zero-order valence-electron chi connectivity index (χ0n) is 9.42. The van der Waals surface area contributed by atoms with Gasteiger partial charge in [0.1, 0.15) is 9.73 Å². The SMILES string of the molecule is O=S1(c2ccccc2)=Nc2ccccc2C=C1Br. The fourth-order valence-corrected chi connectivity index (χ4v) is 4.55. The number of rotatable bonds is 1. The molecule has 1 unspecified atom stereocenters. The molecule has 0 amide bonds. The van der Waals surface area contributed by atoms with Crippen LogP contribution < -0.4 is 0 Å². The van der Waals surface area contributed by atoms with Crippen LogP contribution in [0.15, 0.2) is 67.7 Å². The van der Waals surface area contributed by atoms with E-state index in [0.29, 0.717) is 3.81 Å². The van der Waals surface area contributed by atoms with Crippen molar-refractivity contribution in [1.29, 1.82) is 0 Å². The highest BCUT2D eigenvalue weighted by molar-refractivity contribution is 9.13. The molecule has 0 N–H and O–H groups in total. The first-order valence-corrected chi connectivity index (χ1v) is 7.79. The average Bonchev–Trinajstić information content (AvgIpc) is 2.41. The molecule has 0 aliphatic carbocycles. The number of hydrogen-bond acceptors (Lipinski definition) is 2. The fraction of sp³-hybridized carbons (Fsp3) is 0. The minimum Gasteiger partial charge on any atom is -0.239 e. The lowest BCUT2D eigenvalue weighted by atomic mass is 10.2. The highest BCUT2D eigenvalue weighted by Gasteiger charge is 2.21. The third-order valence-electron chi connectivity index (χ3n) is 2.76. The van der Waals surface area contributed by atoms with E-state index in [2.05, 4.69) is 20.3 Å². The lowest BCUT2D eigenvalue weighted by Crippen LogP contribution is -2.03. The second kappa shape index (κ2) is 4.37. The van der Waals surface area contributed by atoms with Gasteiger partial charge in [-0.25, -0.2) is 4.21 Å². The Balaban J connectivity index is 2.30. The van der Waals surface area contributed by atoms with E-state index in [-0.39, 0.29) is 0 Å². The first kappa shape index (κ1) is 11.7. The Hall–Kier alpha value is -1.39. The summed E-state index contributed by atoms with van der Waals surface area (Å²) >= 11 is 3.41. The van der Waals surface area contributed by atoms with E-state index in [0.717, 1.165) is 16.1 Å². The van der Waals surface area contributed by atoms with Gasteiger partial charge in [0, 0.05) is 5.56 Å². The first-order chi connectivity index (χ1) is 8.70. The summed E-state index contributed by atoms with van der Waals surface area (Å²) in [5.41, 5.74) is 1.76. The van der Waals surface area contributed by atoms with E-state index in [1.165, 1.54) is 0 Å². The van der Waals surface area contributed by atoms with Crippen LogP contribution in [0.5, 0.6) is 0 Å². The number of hydrogen-bond donors (Lipinski definition) is 0. The van der Waals surface area contributed by atoms with Gasteiger partial charge >= 0.3 is 0 Å². The summed E-state index contributed by atoms with van der Waals surface area (Å²) in [7, 11) is -2.56. The van der Waals surface area contributed by atoms with Crippen LogP contribution in [-0.2, 0) is 9.73 Å². The largest absolute Gasteiger partial charge is 0.239 e. The Kier molecular flexibility index (Phi) is 2.84. The molecule has 0 fully saturated rings. The summed E-state index contributed by atoms with van der Waals surface area (Å²) < 4.78 is 18.1. The van der Waals surface area contributed by atoms with Gasteiger partial charge in [-0.15, -0.1) is 0 Å². The fourth-order valence-electron chi connectivity index (χ4n) is 1.85. The summed E-state index contributed by atoms with van der Waals surface area (Å²) in [6.45, 7) is 0. The highest BCUT2D eigenvalue weighted by Crippen LogP contribution is 2.37. The lowest BCUT2D eigenvalue weighted by Gasteiger charge is -2.15. The van der Waals surface area contributed by atoms with Gasteiger partial charge in [-0.3, -0.25) is 0 Å². The smallest absolute Gasteiger partial charge is 0.115 e. The topological polar surface area (TPSA) is 29.4 Å². The molecule has 90 valence electrons. The molecule has 2 nitrogen and oxygen atoms in total. The minimum atomic E-state index is -2.56. The highest BCUT2D eigenvalue weighted by atomic mass is 79.9. The standard InChI is InChI=1S/C14H10BrNOS/c15-14-10-11-6-4-5-9-13(11)16-18(14,17)12-7-2-1-3-8-12/h1-10H. The molecule has 0 radical (unpaired) electrons. The van der Waals surface area contributed by atoms with E-state index in [9.17, 15) is 4.21 Å². The van der Waals surface area contributed by atoms with E-state index >= 15 is 0 Å². The minimum absolute atomic E-state index is 0.625. The van der Waals surface area contributed by atoms with Crippen LogP contribution in [-0.4, -0.2) is 4.21 Å². The third-order valence-corrected chi connectivity index (χ3v) is 6.32. The molecule has 4 heteroatoms. The Labute approximate surface area is 115 Å². The van der Waals surface area contributed by atoms with Crippen molar-refractivity contribution < 1.29 is 4.21 Å². The zero-order valence-corrected chi connectivity index (χ0v) is 11.8. The van der Waals surface area contributed by atoms with Crippen LogP contribution in [0, 0.1) is 0 Å². The molecule has 2 aromatic carbocycles. The number of nitrogens with zero attached hydrogens (tertiary/aromatic N) is 1. The van der Waals surface area contributed by atoms with Crippen molar-refractivity contribution in [3.63, 3.8) is 0 Å². The zero-order chi connectivity index (χ0) is 12.6. The summed E-state index contributed by atoms with van der Waals surface area (Å²) in [5, 5.41) is 0. The van der Waals surface area contributed by atoms with E-state index in [1.54, 1.807) is 0 Å². The van der Waals surface area contributed by atoms with Crippen LogP contribution in [0.25, 0.3) is 6.08 Å². The van der Waals surface area contributed by atoms with Gasteiger partial charge < -0.3 is 0 Å². The van der Waals surface area contributed by atoms with Gasteiger partial charge in [0.15, 0.2) is 0 Å². The van der Waals surface area contributed by atoms with Gasteiger partial charge in [-0.05, 0) is 40.2 Å². The Morgan fingerprint density at radius 1 is 0.944 bits per heavy atom. The van der Waals surface area contributed by atoms with Crippen molar-refractivity contribution in [1.82, 2.24) is 0 Å². The molecule has 0 saturated heterocycles. The van der Waals surface area contributed by atoms with E-state index in [4.69, 9.17) is 0 Å². The molecule has 1 aliphatic heterocycles. The number of benzene rings is 2. The molecule has 0 aromatic heterocycles. The molecule has 3 rings (SSSR count). The summed E-state index contributed by atoms with van der Waals surface area (Å²) in [6.07, 6.45) is 1.89. The monoisotopic (exact) mass is 319 g/mol. The van der Waals surface area contributed by atoms with Gasteiger partial charge in [0.2, 0.25) is 0 Å². The quantitative estimate of drug-likeness (QED) is 0.758. The Morgan fingerprint density at radius 3 is 2.39 bits per heavy atom. The summed E-state index contributed by atoms with van der Waals surface area (Å²) in [5.74, 6) is 0. The van der Waals surface area contributed by atoms with Crippen LogP contribution in [0.2, 0.25) is 0 Å². The van der Waals surface area contributed by atoms with Crippen molar-refractivity contribution in [3.05, 3.63) is 64.0 Å². The van der Waals surface area contributed by atoms with Crippen LogP contribution in [0.1, 0.15) is 5.56 Å². The molecule has 2 aromatic rings. The maximum absolute atomic E-state index is 13.0. The molecule has 0 bridgehead atoms. The molecular formula is C14H10BrNOS. The Bertz CT molecular complexity index is 743. The molecule has 0 spiro atoms. The van der Waals surface area contributed by atoms with Crippen LogP contribution in [0.3, 0.4) is 0 Å². The molecule has 1 aliphatic rings. The van der Waals surface area contributed by atoms with E-state index in [1.807, 2.05) is 60.7 Å². The van der Waals surface area contributed by atoms with Crippen LogP contribution >= 0.6 is 15.9 Å². The van der Waals surface area contributed by atoms with Gasteiger partial charge in [0.05, 0.1) is 14.4 Å². The van der Waals surface area contributed by atoms with Crippen molar-refractivity contribution in [2.24, 2.45) is 4.36 Å². The molecule has 0 saturated carbocycles. The molecule has 1 heterocycles. The first-order valence-electron chi connectivity index (χ1n) is 5.49. The molecule has 1 atom stereocenters. The number of fused-ring (bicyclic) bond motifs is 1.